The van der Waals surface area contributed by atoms with Gasteiger partial charge in [0.15, 0.2) is 5.79 Å². The molecule has 2 aromatic rings. The third-order valence-electron chi connectivity index (χ3n) is 8.55. The molecule has 242 valence electrons. The molecule has 3 amide bonds. The first kappa shape index (κ1) is 32.5. The predicted octanol–water partition coefficient (Wildman–Crippen LogP) is 2.78. The van der Waals surface area contributed by atoms with Crippen molar-refractivity contribution >= 4 is 40.7 Å². The number of hydrazine groups is 1. The summed E-state index contributed by atoms with van der Waals surface area (Å²) in [4.78, 5) is 58.8. The van der Waals surface area contributed by atoms with Gasteiger partial charge in [-0.3, -0.25) is 24.2 Å². The van der Waals surface area contributed by atoms with Gasteiger partial charge in [0.25, 0.3) is 5.91 Å². The number of rotatable bonds is 1. The Morgan fingerprint density at radius 3 is 2.42 bits per heavy atom. The molecule has 1 aromatic carbocycles. The first-order valence-corrected chi connectivity index (χ1v) is 15.5. The van der Waals surface area contributed by atoms with Gasteiger partial charge in [0.05, 0.1) is 24.4 Å². The topological polar surface area (TPSA) is 148 Å². The number of fused-ring (bicyclic) bond motifs is 4. The van der Waals surface area contributed by atoms with Crippen LogP contribution in [0.25, 0.3) is 17.0 Å². The minimum atomic E-state index is -1.23. The lowest BCUT2D eigenvalue weighted by Gasteiger charge is -2.41. The highest BCUT2D eigenvalue weighted by molar-refractivity contribution is 5.94. The lowest BCUT2D eigenvalue weighted by atomic mass is 9.85. The Morgan fingerprint density at radius 2 is 1.71 bits per heavy atom. The van der Waals surface area contributed by atoms with Crippen LogP contribution in [0.3, 0.4) is 0 Å². The maximum absolute atomic E-state index is 14.0. The van der Waals surface area contributed by atoms with Crippen LogP contribution in [0.5, 0.6) is 0 Å². The molecule has 5 rings (SSSR count). The van der Waals surface area contributed by atoms with Crippen LogP contribution >= 0.6 is 0 Å². The summed E-state index contributed by atoms with van der Waals surface area (Å²) >= 11 is 0. The quantitative estimate of drug-likeness (QED) is 0.409. The van der Waals surface area contributed by atoms with Gasteiger partial charge in [0, 0.05) is 11.9 Å². The second kappa shape index (κ2) is 12.9. The molecular formula is C33H43N5O7. The van der Waals surface area contributed by atoms with Crippen LogP contribution in [0.4, 0.5) is 0 Å². The maximum Gasteiger partial charge on any atom is 0.325 e. The summed E-state index contributed by atoms with van der Waals surface area (Å²) in [7, 11) is 0. The van der Waals surface area contributed by atoms with Gasteiger partial charge in [-0.05, 0) is 64.2 Å². The van der Waals surface area contributed by atoms with E-state index in [2.05, 4.69) is 16.1 Å². The second-order valence-corrected chi connectivity index (χ2v) is 13.0. The van der Waals surface area contributed by atoms with E-state index >= 15 is 0 Å². The Balaban J connectivity index is 1.54. The van der Waals surface area contributed by atoms with E-state index in [4.69, 9.17) is 19.2 Å². The van der Waals surface area contributed by atoms with Crippen molar-refractivity contribution in [2.24, 2.45) is 11.3 Å². The molecule has 2 saturated heterocycles. The molecule has 5 bridgehead atoms. The minimum Gasteiger partial charge on any atom is -0.455 e. The number of ether oxygens (including phenoxy) is 3. The zero-order chi connectivity index (χ0) is 32.5. The average molecular weight is 622 g/mol. The van der Waals surface area contributed by atoms with E-state index in [1.54, 1.807) is 33.8 Å². The fourth-order valence-corrected chi connectivity index (χ4v) is 5.58. The number of benzene rings is 1. The molecule has 3 unspecified atom stereocenters. The van der Waals surface area contributed by atoms with Crippen LogP contribution in [0.1, 0.15) is 71.7 Å². The lowest BCUT2D eigenvalue weighted by molar-refractivity contribution is -0.272. The van der Waals surface area contributed by atoms with E-state index in [0.29, 0.717) is 30.6 Å². The Kier molecular flexibility index (Phi) is 9.29. The fraction of sp³-hybridized carbons (Fsp3) is 0.545. The largest absolute Gasteiger partial charge is 0.455 e. The number of hydrogen-bond donors (Lipinski definition) is 3. The number of aromatic nitrogens is 1. The van der Waals surface area contributed by atoms with E-state index in [1.165, 1.54) is 5.01 Å². The average Bonchev–Trinajstić information content (AvgIpc) is 3.01. The number of carbonyl (C=O) groups excluding carboxylic acids is 4. The van der Waals surface area contributed by atoms with Crippen molar-refractivity contribution in [1.82, 2.24) is 26.1 Å². The number of cyclic esters (lactones) is 1. The van der Waals surface area contributed by atoms with Crippen LogP contribution < -0.4 is 16.1 Å². The molecule has 3 N–H and O–H groups in total. The Hall–Kier alpha value is -3.87. The molecule has 12 nitrogen and oxygen atoms in total. The van der Waals surface area contributed by atoms with Crippen LogP contribution in [-0.4, -0.2) is 77.4 Å². The van der Waals surface area contributed by atoms with Gasteiger partial charge in [-0.2, -0.15) is 0 Å². The second-order valence-electron chi connectivity index (χ2n) is 13.0. The molecule has 3 aliphatic heterocycles. The van der Waals surface area contributed by atoms with Crippen molar-refractivity contribution in [2.45, 2.75) is 84.4 Å². The first-order valence-electron chi connectivity index (χ1n) is 15.5. The zero-order valence-corrected chi connectivity index (χ0v) is 26.7. The lowest BCUT2D eigenvalue weighted by Crippen LogP contribution is -2.62. The number of nitrogens with one attached hydrogen (secondary N) is 3. The monoisotopic (exact) mass is 621 g/mol. The molecule has 2 fully saturated rings. The molecule has 1 aromatic heterocycles. The third-order valence-corrected chi connectivity index (χ3v) is 8.55. The Labute approximate surface area is 263 Å². The molecule has 0 saturated carbocycles. The zero-order valence-electron chi connectivity index (χ0n) is 26.7. The maximum atomic E-state index is 14.0. The highest BCUT2D eigenvalue weighted by Gasteiger charge is 2.45. The predicted molar refractivity (Wildman–Crippen MR) is 166 cm³/mol. The Bertz CT molecular complexity index is 1500. The van der Waals surface area contributed by atoms with Crippen LogP contribution in [-0.2, 0) is 33.4 Å². The molecule has 45 heavy (non-hydrogen) atoms. The molecule has 1 spiro atoms. The van der Waals surface area contributed by atoms with Gasteiger partial charge >= 0.3 is 5.97 Å². The fourth-order valence-electron chi connectivity index (χ4n) is 5.58. The standard InChI is InChI=1S/C33H43N5O7/c1-19(2)27-28(39)34-20(3)29(40)38-15-7-8-25(37-38)30(41)45-21(4)24-12-11-23-10-9-22(16-26(23)35-24)13-14-33(31(42)36-27)17-43-32(5,6)44-18-33/h9-14,16,19-21,25,27,37H,7-8,15,17-18H2,1-6H3,(H,34,39)(H,36,42)/b14-13+/t20?,21-,25?,27?/m1/s1. The van der Waals surface area contributed by atoms with Gasteiger partial charge in [0.2, 0.25) is 11.8 Å². The molecular weight excluding hydrogens is 578 g/mol. The first-order chi connectivity index (χ1) is 21.3. The van der Waals surface area contributed by atoms with Crippen molar-refractivity contribution in [2.75, 3.05) is 19.8 Å². The van der Waals surface area contributed by atoms with E-state index in [1.807, 2.05) is 50.3 Å². The summed E-state index contributed by atoms with van der Waals surface area (Å²) in [6.07, 6.45) is 3.99. The van der Waals surface area contributed by atoms with Crippen molar-refractivity contribution in [3.05, 3.63) is 47.7 Å². The molecule has 12 heteroatoms. The molecule has 4 heterocycles. The smallest absolute Gasteiger partial charge is 0.325 e. The normalized spacial score (nSPS) is 28.5. The van der Waals surface area contributed by atoms with Crippen molar-refractivity contribution in [1.29, 1.82) is 0 Å². The van der Waals surface area contributed by atoms with E-state index in [-0.39, 0.29) is 19.1 Å². The third kappa shape index (κ3) is 7.18. The highest BCUT2D eigenvalue weighted by Crippen LogP contribution is 2.33. The molecule has 0 radical (unpaired) electrons. The number of nitrogens with zero attached hydrogens (tertiary/aromatic N) is 2. The van der Waals surface area contributed by atoms with E-state index in [9.17, 15) is 19.2 Å². The van der Waals surface area contributed by atoms with Crippen LogP contribution in [0.15, 0.2) is 36.4 Å². The van der Waals surface area contributed by atoms with Crippen molar-refractivity contribution in [3.63, 3.8) is 0 Å². The molecule has 0 aliphatic carbocycles. The highest BCUT2D eigenvalue weighted by atomic mass is 16.7. The van der Waals surface area contributed by atoms with Crippen LogP contribution in [0, 0.1) is 11.3 Å². The number of pyridine rings is 1. The molecule has 4 atom stereocenters. The summed E-state index contributed by atoms with van der Waals surface area (Å²) in [5.41, 5.74) is 3.81. The van der Waals surface area contributed by atoms with Crippen molar-refractivity contribution < 1.29 is 33.4 Å². The minimum absolute atomic E-state index is 0.0321. The van der Waals surface area contributed by atoms with Crippen molar-refractivity contribution in [3.8, 4) is 0 Å². The summed E-state index contributed by atoms with van der Waals surface area (Å²) in [6.45, 7) is 11.0. The number of amides is 3. The van der Waals surface area contributed by atoms with Gasteiger partial charge < -0.3 is 24.8 Å². The molecule has 3 aliphatic rings. The number of esters is 1. The van der Waals surface area contributed by atoms with Gasteiger partial charge in [-0.15, -0.1) is 0 Å². The summed E-state index contributed by atoms with van der Waals surface area (Å²) < 4.78 is 17.7. The number of hydrogen-bond acceptors (Lipinski definition) is 9. The SMILES string of the molecule is CC1NC(=O)C(C(C)C)NC(=O)C2(/C=C/c3ccc4ccc(nc4c3)[C@@H](C)OC(=O)C3CCCN(N3)C1=O)COC(C)(C)OC2. The van der Waals surface area contributed by atoms with Crippen LogP contribution in [0.2, 0.25) is 0 Å². The summed E-state index contributed by atoms with van der Waals surface area (Å²) in [5, 5.41) is 7.92. The van der Waals surface area contributed by atoms with Gasteiger partial charge in [-0.1, -0.05) is 44.2 Å². The van der Waals surface area contributed by atoms with Gasteiger partial charge in [0.1, 0.15) is 29.6 Å². The Morgan fingerprint density at radius 1 is 1.00 bits per heavy atom. The van der Waals surface area contributed by atoms with E-state index in [0.717, 1.165) is 10.9 Å². The van der Waals surface area contributed by atoms with Gasteiger partial charge in [-0.25, -0.2) is 10.4 Å². The summed E-state index contributed by atoms with van der Waals surface area (Å²) in [5.74, 6) is -3.00. The number of carbonyl (C=O) groups is 4. The summed E-state index contributed by atoms with van der Waals surface area (Å²) in [6, 6.07) is 6.88. The van der Waals surface area contributed by atoms with E-state index < -0.39 is 59.1 Å².